The van der Waals surface area contributed by atoms with E-state index in [4.69, 9.17) is 19.9 Å². The van der Waals surface area contributed by atoms with E-state index in [0.29, 0.717) is 12.0 Å². The van der Waals surface area contributed by atoms with Crippen molar-refractivity contribution in [2.75, 3.05) is 45.2 Å². The monoisotopic (exact) mass is 498 g/mol. The number of aliphatic carboxylic acids is 1. The lowest BCUT2D eigenvalue weighted by atomic mass is 9.93. The molecular weight excluding hydrogens is 465 g/mol. The number of carboxylic acids is 1. The lowest BCUT2D eigenvalue weighted by Gasteiger charge is -2.33. The molecule has 194 valence electrons. The number of alkyl halides is 3. The van der Waals surface area contributed by atoms with Gasteiger partial charge in [0, 0.05) is 57.9 Å². The summed E-state index contributed by atoms with van der Waals surface area (Å²) in [7, 11) is 3.64. The van der Waals surface area contributed by atoms with Gasteiger partial charge >= 0.3 is 18.2 Å². The minimum Gasteiger partial charge on any atom is -0.475 e. The molecule has 2 aromatic heterocycles. The molecule has 0 aliphatic carbocycles. The lowest BCUT2D eigenvalue weighted by Crippen LogP contribution is -2.43. The first-order chi connectivity index (χ1) is 16.4. The van der Waals surface area contributed by atoms with E-state index >= 15 is 0 Å². The second-order valence-electron chi connectivity index (χ2n) is 9.42. The van der Waals surface area contributed by atoms with Gasteiger partial charge in [-0.3, -0.25) is 0 Å². The van der Waals surface area contributed by atoms with Crippen LogP contribution < -0.4 is 4.90 Å². The summed E-state index contributed by atoms with van der Waals surface area (Å²) in [5, 5.41) is 7.12. The fourth-order valence-electron chi connectivity index (χ4n) is 4.45. The first-order valence-corrected chi connectivity index (χ1v) is 11.8. The SMILES string of the molecule is CC(C)n1cnc2c(N3CCCC3)nc(C3CCN(C(=O)N(C)C)CC3)cc21.O=C(O)C(F)(F)F. The number of halogens is 3. The standard InChI is InChI=1S/C21H32N6O.C2HF3O2/c1-15(2)27-14-22-19-18(27)13-17(23-20(19)25-9-5-6-10-25)16-7-11-26(12-8-16)21(28)24(3)4;3-2(4,5)1(6)7/h13-16H,5-12H2,1-4H3;(H,6,7). The molecule has 1 N–H and O–H groups in total. The van der Waals surface area contributed by atoms with Gasteiger partial charge in [0.2, 0.25) is 0 Å². The Balaban J connectivity index is 0.000000429. The Kier molecular flexibility index (Phi) is 8.11. The Bertz CT molecular complexity index is 1040. The van der Waals surface area contributed by atoms with Crippen molar-refractivity contribution in [1.29, 1.82) is 0 Å². The Labute approximate surface area is 202 Å². The van der Waals surface area contributed by atoms with Crippen LogP contribution in [-0.4, -0.2) is 87.9 Å². The van der Waals surface area contributed by atoms with Crippen LogP contribution in [-0.2, 0) is 4.79 Å². The van der Waals surface area contributed by atoms with Crippen LogP contribution >= 0.6 is 0 Å². The zero-order chi connectivity index (χ0) is 25.9. The van der Waals surface area contributed by atoms with Gasteiger partial charge in [0.15, 0.2) is 5.82 Å². The molecule has 0 saturated carbocycles. The summed E-state index contributed by atoms with van der Waals surface area (Å²) in [6.07, 6.45) is 1.26. The molecule has 2 aliphatic heterocycles. The van der Waals surface area contributed by atoms with Crippen LogP contribution in [0.4, 0.5) is 23.8 Å². The van der Waals surface area contributed by atoms with E-state index in [1.165, 1.54) is 18.4 Å². The lowest BCUT2D eigenvalue weighted by molar-refractivity contribution is -0.192. The summed E-state index contributed by atoms with van der Waals surface area (Å²) >= 11 is 0. The maximum Gasteiger partial charge on any atom is 0.490 e. The third-order valence-corrected chi connectivity index (χ3v) is 6.33. The van der Waals surface area contributed by atoms with Gasteiger partial charge in [-0.1, -0.05) is 0 Å². The van der Waals surface area contributed by atoms with E-state index in [1.807, 2.05) is 25.3 Å². The van der Waals surface area contributed by atoms with E-state index in [9.17, 15) is 18.0 Å². The van der Waals surface area contributed by atoms with E-state index in [0.717, 1.165) is 56.0 Å². The fourth-order valence-corrected chi connectivity index (χ4v) is 4.45. The number of urea groups is 1. The molecule has 4 rings (SSSR count). The molecule has 35 heavy (non-hydrogen) atoms. The number of carbonyl (C=O) groups excluding carboxylic acids is 1. The number of hydrogen-bond acceptors (Lipinski definition) is 5. The highest BCUT2D eigenvalue weighted by atomic mass is 19.4. The highest BCUT2D eigenvalue weighted by Crippen LogP contribution is 2.34. The first kappa shape index (κ1) is 26.6. The molecular formula is C23H33F3N6O3. The van der Waals surface area contributed by atoms with Gasteiger partial charge in [-0.05, 0) is 45.6 Å². The number of anilines is 1. The summed E-state index contributed by atoms with van der Waals surface area (Å²) < 4.78 is 34.0. The number of carbonyl (C=O) groups is 2. The normalized spacial score (nSPS) is 17.0. The van der Waals surface area contributed by atoms with Gasteiger partial charge in [0.1, 0.15) is 5.52 Å². The quantitative estimate of drug-likeness (QED) is 0.685. The largest absolute Gasteiger partial charge is 0.490 e. The molecule has 0 unspecified atom stereocenters. The van der Waals surface area contributed by atoms with Crippen LogP contribution in [0.15, 0.2) is 12.4 Å². The highest BCUT2D eigenvalue weighted by Gasteiger charge is 2.38. The maximum absolute atomic E-state index is 12.2. The molecule has 9 nitrogen and oxygen atoms in total. The fraction of sp³-hybridized carbons (Fsp3) is 0.652. The van der Waals surface area contributed by atoms with Crippen molar-refractivity contribution in [3.63, 3.8) is 0 Å². The average molecular weight is 499 g/mol. The number of fused-ring (bicyclic) bond motifs is 1. The Morgan fingerprint density at radius 1 is 1.11 bits per heavy atom. The van der Waals surface area contributed by atoms with Crippen LogP contribution in [0, 0.1) is 0 Å². The molecule has 2 amide bonds. The third kappa shape index (κ3) is 6.15. The van der Waals surface area contributed by atoms with Crippen LogP contribution in [0.1, 0.15) is 57.2 Å². The summed E-state index contributed by atoms with van der Waals surface area (Å²) in [6, 6.07) is 2.72. The zero-order valence-electron chi connectivity index (χ0n) is 20.5. The van der Waals surface area contributed by atoms with Crippen molar-refractivity contribution in [2.45, 2.75) is 57.7 Å². The second kappa shape index (κ2) is 10.7. The number of aromatic nitrogens is 3. The van der Waals surface area contributed by atoms with Crippen molar-refractivity contribution in [3.05, 3.63) is 18.1 Å². The Morgan fingerprint density at radius 3 is 2.17 bits per heavy atom. The van der Waals surface area contributed by atoms with Crippen LogP contribution in [0.25, 0.3) is 11.0 Å². The molecule has 4 heterocycles. The van der Waals surface area contributed by atoms with Crippen molar-refractivity contribution in [2.24, 2.45) is 0 Å². The molecule has 0 aromatic carbocycles. The van der Waals surface area contributed by atoms with Crippen LogP contribution in [0.3, 0.4) is 0 Å². The van der Waals surface area contributed by atoms with E-state index in [2.05, 4.69) is 29.4 Å². The molecule has 2 fully saturated rings. The number of hydrogen-bond donors (Lipinski definition) is 1. The molecule has 0 bridgehead atoms. The topological polar surface area (TPSA) is 94.8 Å². The van der Waals surface area contributed by atoms with Gasteiger partial charge in [0.05, 0.1) is 11.8 Å². The average Bonchev–Trinajstić information content (AvgIpc) is 3.48. The number of rotatable bonds is 3. The third-order valence-electron chi connectivity index (χ3n) is 6.33. The predicted molar refractivity (Wildman–Crippen MR) is 126 cm³/mol. The summed E-state index contributed by atoms with van der Waals surface area (Å²) in [5.74, 6) is -1.31. The minimum absolute atomic E-state index is 0.109. The van der Waals surface area contributed by atoms with Crippen LogP contribution in [0.5, 0.6) is 0 Å². The number of pyridine rings is 1. The predicted octanol–water partition coefficient (Wildman–Crippen LogP) is 4.11. The zero-order valence-corrected chi connectivity index (χ0v) is 20.5. The van der Waals surface area contributed by atoms with E-state index in [1.54, 1.807) is 4.90 Å². The number of imidazole rings is 1. The Hall–Kier alpha value is -3.05. The van der Waals surface area contributed by atoms with Crippen molar-refractivity contribution >= 4 is 28.9 Å². The number of likely N-dealkylation sites (tertiary alicyclic amines) is 1. The Morgan fingerprint density at radius 2 is 1.69 bits per heavy atom. The molecule has 2 saturated heterocycles. The molecule has 0 radical (unpaired) electrons. The summed E-state index contributed by atoms with van der Waals surface area (Å²) in [4.78, 5) is 37.0. The van der Waals surface area contributed by atoms with Crippen molar-refractivity contribution in [1.82, 2.24) is 24.3 Å². The molecule has 12 heteroatoms. The van der Waals surface area contributed by atoms with Gasteiger partial charge in [0.25, 0.3) is 0 Å². The summed E-state index contributed by atoms with van der Waals surface area (Å²) in [6.45, 7) is 8.11. The molecule has 2 aromatic rings. The minimum atomic E-state index is -5.08. The second-order valence-corrected chi connectivity index (χ2v) is 9.42. The van der Waals surface area contributed by atoms with Gasteiger partial charge in [-0.15, -0.1) is 0 Å². The number of carboxylic acid groups (broad SMARTS) is 1. The van der Waals surface area contributed by atoms with Crippen LogP contribution in [0.2, 0.25) is 0 Å². The van der Waals surface area contributed by atoms with E-state index < -0.39 is 12.1 Å². The van der Waals surface area contributed by atoms with Gasteiger partial charge in [-0.25, -0.2) is 19.6 Å². The highest BCUT2D eigenvalue weighted by molar-refractivity contribution is 5.87. The summed E-state index contributed by atoms with van der Waals surface area (Å²) in [5.41, 5.74) is 3.38. The first-order valence-electron chi connectivity index (χ1n) is 11.8. The molecule has 0 spiro atoms. The molecule has 0 atom stereocenters. The van der Waals surface area contributed by atoms with E-state index in [-0.39, 0.29) is 6.03 Å². The van der Waals surface area contributed by atoms with Gasteiger partial charge < -0.3 is 24.4 Å². The smallest absolute Gasteiger partial charge is 0.475 e. The van der Waals surface area contributed by atoms with Crippen molar-refractivity contribution < 1.29 is 27.9 Å². The van der Waals surface area contributed by atoms with Gasteiger partial charge in [-0.2, -0.15) is 13.2 Å². The number of amides is 2. The number of piperidine rings is 1. The molecule has 2 aliphatic rings. The van der Waals surface area contributed by atoms with Crippen molar-refractivity contribution in [3.8, 4) is 0 Å². The maximum atomic E-state index is 12.2. The number of nitrogens with zero attached hydrogens (tertiary/aromatic N) is 6.